The Labute approximate surface area is 124 Å². The molecule has 1 aliphatic rings. The number of hydrogen-bond donors (Lipinski definition) is 0. The fourth-order valence-electron chi connectivity index (χ4n) is 2.55. The minimum Gasteiger partial charge on any atom is -0.464 e. The van der Waals surface area contributed by atoms with Gasteiger partial charge in [0.1, 0.15) is 13.2 Å². The summed E-state index contributed by atoms with van der Waals surface area (Å²) in [5.41, 5.74) is 1.19. The second-order valence-electron chi connectivity index (χ2n) is 5.31. The van der Waals surface area contributed by atoms with Crippen molar-refractivity contribution < 1.29 is 19.1 Å². The largest absolute Gasteiger partial charge is 0.464 e. The van der Waals surface area contributed by atoms with Gasteiger partial charge in [0.05, 0.1) is 0 Å². The fraction of sp³-hybridized carbons (Fsp3) is 0.500. The number of rotatable bonds is 6. The lowest BCUT2D eigenvalue weighted by molar-refractivity contribution is -0.151. The first-order valence-corrected chi connectivity index (χ1v) is 7.12. The molecule has 1 aliphatic heterocycles. The summed E-state index contributed by atoms with van der Waals surface area (Å²) in [5.74, 6) is -0.531. The van der Waals surface area contributed by atoms with Gasteiger partial charge in [0.15, 0.2) is 0 Å². The molecule has 1 fully saturated rings. The van der Waals surface area contributed by atoms with E-state index >= 15 is 0 Å². The second kappa shape index (κ2) is 7.22. The number of carbonyl (C=O) groups excluding carboxylic acids is 2. The van der Waals surface area contributed by atoms with Crippen molar-refractivity contribution in [3.05, 3.63) is 35.9 Å². The molecular formula is C16H21NO4. The van der Waals surface area contributed by atoms with E-state index in [9.17, 15) is 9.59 Å². The first-order valence-electron chi connectivity index (χ1n) is 7.12. The Hall–Kier alpha value is -1.88. The summed E-state index contributed by atoms with van der Waals surface area (Å²) in [6, 6.07) is 10.5. The SMILES string of the molecule is CC(=O)OC[C@H]1C[C@H](COC(C)=O)N1Cc1ccccc1. The summed E-state index contributed by atoms with van der Waals surface area (Å²) in [7, 11) is 0. The number of nitrogens with zero attached hydrogens (tertiary/aromatic N) is 1. The summed E-state index contributed by atoms with van der Waals surface area (Å²) >= 11 is 0. The maximum Gasteiger partial charge on any atom is 0.302 e. The number of esters is 2. The second-order valence-corrected chi connectivity index (χ2v) is 5.31. The number of carbonyl (C=O) groups is 2. The molecule has 0 radical (unpaired) electrons. The summed E-state index contributed by atoms with van der Waals surface area (Å²) in [6.07, 6.45) is 0.868. The van der Waals surface area contributed by atoms with Crippen molar-refractivity contribution in [2.24, 2.45) is 0 Å². The highest BCUT2D eigenvalue weighted by Gasteiger charge is 2.39. The van der Waals surface area contributed by atoms with Gasteiger partial charge in [-0.15, -0.1) is 0 Å². The van der Waals surface area contributed by atoms with E-state index in [1.807, 2.05) is 18.2 Å². The van der Waals surface area contributed by atoms with E-state index in [2.05, 4.69) is 17.0 Å². The zero-order valence-corrected chi connectivity index (χ0v) is 12.5. The van der Waals surface area contributed by atoms with Gasteiger partial charge in [0, 0.05) is 32.5 Å². The van der Waals surface area contributed by atoms with Crippen LogP contribution in [0.3, 0.4) is 0 Å². The minimum absolute atomic E-state index is 0.190. The molecule has 2 atom stereocenters. The van der Waals surface area contributed by atoms with Crippen molar-refractivity contribution in [3.63, 3.8) is 0 Å². The molecule has 0 aromatic heterocycles. The van der Waals surface area contributed by atoms with E-state index in [1.165, 1.54) is 19.4 Å². The van der Waals surface area contributed by atoms with E-state index < -0.39 is 0 Å². The number of likely N-dealkylation sites (tertiary alicyclic amines) is 1. The number of ether oxygens (including phenoxy) is 2. The Kier molecular flexibility index (Phi) is 5.33. The molecule has 5 nitrogen and oxygen atoms in total. The highest BCUT2D eigenvalue weighted by atomic mass is 16.5. The molecule has 0 spiro atoms. The molecule has 5 heteroatoms. The Morgan fingerprint density at radius 2 is 1.57 bits per heavy atom. The highest BCUT2D eigenvalue weighted by Crippen LogP contribution is 2.28. The van der Waals surface area contributed by atoms with Crippen LogP contribution in [0.2, 0.25) is 0 Å². The van der Waals surface area contributed by atoms with Crippen LogP contribution in [0.1, 0.15) is 25.8 Å². The summed E-state index contributed by atoms with van der Waals surface area (Å²) in [5, 5.41) is 0. The fourth-order valence-corrected chi connectivity index (χ4v) is 2.55. The van der Waals surface area contributed by atoms with Gasteiger partial charge in [-0.2, -0.15) is 0 Å². The van der Waals surface area contributed by atoms with Crippen molar-refractivity contribution in [2.45, 2.75) is 38.9 Å². The molecule has 0 bridgehead atoms. The average Bonchev–Trinajstić information content (AvgIpc) is 2.43. The topological polar surface area (TPSA) is 55.8 Å². The molecule has 114 valence electrons. The van der Waals surface area contributed by atoms with Crippen LogP contribution in [0.15, 0.2) is 30.3 Å². The van der Waals surface area contributed by atoms with E-state index in [-0.39, 0.29) is 24.0 Å². The van der Waals surface area contributed by atoms with E-state index in [0.29, 0.717) is 13.2 Å². The Bertz CT molecular complexity index is 464. The Morgan fingerprint density at radius 3 is 2.05 bits per heavy atom. The van der Waals surface area contributed by atoms with Gasteiger partial charge in [-0.3, -0.25) is 14.5 Å². The molecule has 2 rings (SSSR count). The van der Waals surface area contributed by atoms with Crippen LogP contribution < -0.4 is 0 Å². The third-order valence-corrected chi connectivity index (χ3v) is 3.65. The van der Waals surface area contributed by atoms with Crippen LogP contribution in [0.25, 0.3) is 0 Å². The Balaban J connectivity index is 1.93. The molecular weight excluding hydrogens is 270 g/mol. The first-order chi connectivity index (χ1) is 10.1. The van der Waals surface area contributed by atoms with Crippen LogP contribution in [0.4, 0.5) is 0 Å². The quantitative estimate of drug-likeness (QED) is 0.747. The normalized spacial score (nSPS) is 21.4. The lowest BCUT2D eigenvalue weighted by Crippen LogP contribution is -2.59. The van der Waals surface area contributed by atoms with Crippen molar-refractivity contribution in [1.29, 1.82) is 0 Å². The molecule has 1 aromatic rings. The molecule has 1 heterocycles. The Morgan fingerprint density at radius 1 is 1.05 bits per heavy atom. The molecule has 1 aromatic carbocycles. The smallest absolute Gasteiger partial charge is 0.302 e. The van der Waals surface area contributed by atoms with Crippen LogP contribution in [-0.2, 0) is 25.6 Å². The summed E-state index contributed by atoms with van der Waals surface area (Å²) in [4.78, 5) is 24.1. The van der Waals surface area contributed by atoms with Crippen LogP contribution in [0.5, 0.6) is 0 Å². The highest BCUT2D eigenvalue weighted by molar-refractivity contribution is 5.66. The van der Waals surface area contributed by atoms with Gasteiger partial charge in [0.25, 0.3) is 0 Å². The standard InChI is InChI=1S/C16H21NO4/c1-12(18)20-10-15-8-16(11-21-13(2)19)17(15)9-14-6-4-3-5-7-14/h3-7,15-16H,8-11H2,1-2H3/t15-,16-/m1/s1. The molecule has 0 N–H and O–H groups in total. The number of hydrogen-bond acceptors (Lipinski definition) is 5. The van der Waals surface area contributed by atoms with Gasteiger partial charge in [-0.1, -0.05) is 30.3 Å². The summed E-state index contributed by atoms with van der Waals surface area (Å²) < 4.78 is 10.2. The third kappa shape index (κ3) is 4.56. The van der Waals surface area contributed by atoms with E-state index in [1.54, 1.807) is 0 Å². The van der Waals surface area contributed by atoms with Crippen LogP contribution >= 0.6 is 0 Å². The predicted molar refractivity (Wildman–Crippen MR) is 77.4 cm³/mol. The molecule has 1 saturated heterocycles. The van der Waals surface area contributed by atoms with Gasteiger partial charge < -0.3 is 9.47 Å². The summed E-state index contributed by atoms with van der Waals surface area (Å²) in [6.45, 7) is 4.36. The first kappa shape index (κ1) is 15.5. The van der Waals surface area contributed by atoms with Gasteiger partial charge in [-0.25, -0.2) is 0 Å². The maximum atomic E-state index is 10.9. The van der Waals surface area contributed by atoms with Gasteiger partial charge >= 0.3 is 11.9 Å². The molecule has 0 unspecified atom stereocenters. The number of benzene rings is 1. The molecule has 0 amide bonds. The monoisotopic (exact) mass is 291 g/mol. The average molecular weight is 291 g/mol. The minimum atomic E-state index is -0.266. The third-order valence-electron chi connectivity index (χ3n) is 3.65. The maximum absolute atomic E-state index is 10.9. The lowest BCUT2D eigenvalue weighted by atomic mass is 9.92. The van der Waals surface area contributed by atoms with Crippen LogP contribution in [-0.4, -0.2) is 42.1 Å². The molecule has 21 heavy (non-hydrogen) atoms. The van der Waals surface area contributed by atoms with Crippen molar-refractivity contribution in [3.8, 4) is 0 Å². The van der Waals surface area contributed by atoms with Gasteiger partial charge in [0.2, 0.25) is 0 Å². The van der Waals surface area contributed by atoms with Crippen molar-refractivity contribution in [2.75, 3.05) is 13.2 Å². The molecule has 0 aliphatic carbocycles. The zero-order valence-electron chi connectivity index (χ0n) is 12.5. The van der Waals surface area contributed by atoms with Crippen LogP contribution in [0, 0.1) is 0 Å². The van der Waals surface area contributed by atoms with Crippen molar-refractivity contribution >= 4 is 11.9 Å². The van der Waals surface area contributed by atoms with Crippen molar-refractivity contribution in [1.82, 2.24) is 4.90 Å². The van der Waals surface area contributed by atoms with E-state index in [0.717, 1.165) is 13.0 Å². The van der Waals surface area contributed by atoms with E-state index in [4.69, 9.17) is 9.47 Å². The van der Waals surface area contributed by atoms with Gasteiger partial charge in [-0.05, 0) is 12.0 Å². The lowest BCUT2D eigenvalue weighted by Gasteiger charge is -2.47. The zero-order chi connectivity index (χ0) is 15.2. The molecule has 0 saturated carbocycles. The predicted octanol–water partition coefficient (Wildman–Crippen LogP) is 1.76.